The minimum absolute atomic E-state index is 0.0574. The van der Waals surface area contributed by atoms with E-state index in [4.69, 9.17) is 21.1 Å². The highest BCUT2D eigenvalue weighted by Gasteiger charge is 2.43. The van der Waals surface area contributed by atoms with Gasteiger partial charge < -0.3 is 19.7 Å². The Morgan fingerprint density at radius 3 is 2.54 bits per heavy atom. The van der Waals surface area contributed by atoms with Gasteiger partial charge in [-0.1, -0.05) is 18.2 Å². The van der Waals surface area contributed by atoms with Crippen LogP contribution in [0.5, 0.6) is 11.5 Å². The zero-order valence-corrected chi connectivity index (χ0v) is 20.6. The van der Waals surface area contributed by atoms with E-state index in [0.717, 1.165) is 18.9 Å². The van der Waals surface area contributed by atoms with Crippen LogP contribution in [0, 0.1) is 0 Å². The molecular formula is C26H24ClF3N4O3. The molecule has 3 aromatic rings. The van der Waals surface area contributed by atoms with Crippen LogP contribution >= 0.6 is 11.6 Å². The largest absolute Gasteiger partial charge is 0.493 e. The van der Waals surface area contributed by atoms with Gasteiger partial charge in [-0.2, -0.15) is 13.2 Å². The number of amides is 1. The molecule has 2 fully saturated rings. The SMILES string of the molecule is C=CC(=O)N1C2CC[C@H]1CC(Oc1cc3c(Nc4ccc(Cl)c(C(F)(F)F)c4)ncnc3cc1OC)C2. The first-order chi connectivity index (χ1) is 17.7. The van der Waals surface area contributed by atoms with Gasteiger partial charge in [0.05, 0.1) is 23.2 Å². The molecule has 3 atom stereocenters. The third kappa shape index (κ3) is 4.90. The first-order valence-electron chi connectivity index (χ1n) is 11.8. The van der Waals surface area contributed by atoms with Crippen molar-refractivity contribution in [1.82, 2.24) is 14.9 Å². The van der Waals surface area contributed by atoms with E-state index < -0.39 is 11.7 Å². The zero-order valence-electron chi connectivity index (χ0n) is 19.9. The molecule has 194 valence electrons. The molecule has 0 radical (unpaired) electrons. The van der Waals surface area contributed by atoms with Crippen LogP contribution in [-0.4, -0.2) is 46.1 Å². The van der Waals surface area contributed by atoms with E-state index in [9.17, 15) is 18.0 Å². The molecule has 1 N–H and O–H groups in total. The molecule has 2 aliphatic rings. The molecule has 3 heterocycles. The third-order valence-electron chi connectivity index (χ3n) is 6.87. The van der Waals surface area contributed by atoms with E-state index in [1.54, 1.807) is 12.1 Å². The quantitative estimate of drug-likeness (QED) is 0.384. The molecule has 1 aromatic heterocycles. The van der Waals surface area contributed by atoms with Gasteiger partial charge in [-0.3, -0.25) is 4.79 Å². The molecule has 2 saturated heterocycles. The number of fused-ring (bicyclic) bond motifs is 3. The fourth-order valence-electron chi connectivity index (χ4n) is 5.24. The number of methoxy groups -OCH3 is 1. The maximum atomic E-state index is 13.3. The topological polar surface area (TPSA) is 76.6 Å². The summed E-state index contributed by atoms with van der Waals surface area (Å²) in [5.74, 6) is 1.19. The summed E-state index contributed by atoms with van der Waals surface area (Å²) in [4.78, 5) is 22.7. The van der Waals surface area contributed by atoms with Crippen molar-refractivity contribution in [1.29, 1.82) is 0 Å². The van der Waals surface area contributed by atoms with Crippen molar-refractivity contribution in [2.75, 3.05) is 12.4 Å². The molecule has 11 heteroatoms. The minimum Gasteiger partial charge on any atom is -0.493 e. The van der Waals surface area contributed by atoms with E-state index >= 15 is 0 Å². The maximum absolute atomic E-state index is 13.3. The minimum atomic E-state index is -4.60. The van der Waals surface area contributed by atoms with Crippen molar-refractivity contribution in [3.63, 3.8) is 0 Å². The van der Waals surface area contributed by atoms with Crippen LogP contribution < -0.4 is 14.8 Å². The number of rotatable bonds is 6. The number of hydrogen-bond acceptors (Lipinski definition) is 6. The Balaban J connectivity index is 1.44. The second kappa shape index (κ2) is 9.74. The van der Waals surface area contributed by atoms with E-state index in [1.807, 2.05) is 4.90 Å². The lowest BCUT2D eigenvalue weighted by Crippen LogP contribution is -2.48. The Bertz CT molecular complexity index is 1350. The Morgan fingerprint density at radius 2 is 1.89 bits per heavy atom. The van der Waals surface area contributed by atoms with Crippen LogP contribution in [0.2, 0.25) is 5.02 Å². The normalized spacial score (nSPS) is 21.1. The second-order valence-electron chi connectivity index (χ2n) is 9.11. The number of hydrogen-bond donors (Lipinski definition) is 1. The first-order valence-corrected chi connectivity index (χ1v) is 12.1. The van der Waals surface area contributed by atoms with Gasteiger partial charge in [-0.15, -0.1) is 0 Å². The number of anilines is 2. The number of ether oxygens (including phenoxy) is 2. The summed E-state index contributed by atoms with van der Waals surface area (Å²) < 4.78 is 51.9. The van der Waals surface area contributed by atoms with E-state index in [0.29, 0.717) is 41.1 Å². The fraction of sp³-hybridized carbons (Fsp3) is 0.346. The molecule has 2 bridgehead atoms. The summed E-state index contributed by atoms with van der Waals surface area (Å²) >= 11 is 5.75. The molecule has 0 spiro atoms. The van der Waals surface area contributed by atoms with Gasteiger partial charge >= 0.3 is 6.18 Å². The van der Waals surface area contributed by atoms with Gasteiger partial charge in [0.25, 0.3) is 0 Å². The highest BCUT2D eigenvalue weighted by Crippen LogP contribution is 2.41. The molecule has 2 unspecified atom stereocenters. The summed E-state index contributed by atoms with van der Waals surface area (Å²) in [5, 5.41) is 3.10. The number of nitrogens with one attached hydrogen (secondary N) is 1. The number of carbonyl (C=O) groups excluding carboxylic acids is 1. The Hall–Kier alpha value is -3.53. The Labute approximate surface area is 216 Å². The zero-order chi connectivity index (χ0) is 26.3. The number of piperidine rings is 1. The molecular weight excluding hydrogens is 509 g/mol. The van der Waals surface area contributed by atoms with Crippen LogP contribution in [0.25, 0.3) is 10.9 Å². The summed E-state index contributed by atoms with van der Waals surface area (Å²) in [7, 11) is 1.52. The number of aromatic nitrogens is 2. The van der Waals surface area contributed by atoms with Gasteiger partial charge in [-0.05, 0) is 43.2 Å². The molecule has 37 heavy (non-hydrogen) atoms. The number of carbonyl (C=O) groups is 1. The summed E-state index contributed by atoms with van der Waals surface area (Å²) in [6, 6.07) is 7.17. The highest BCUT2D eigenvalue weighted by molar-refractivity contribution is 6.31. The summed E-state index contributed by atoms with van der Waals surface area (Å²) in [6.07, 6.45) is 1.13. The van der Waals surface area contributed by atoms with E-state index in [-0.39, 0.29) is 34.8 Å². The van der Waals surface area contributed by atoms with Crippen molar-refractivity contribution in [3.05, 3.63) is 59.9 Å². The summed E-state index contributed by atoms with van der Waals surface area (Å²) in [6.45, 7) is 3.61. The molecule has 5 rings (SSSR count). The van der Waals surface area contributed by atoms with Crippen molar-refractivity contribution in [2.24, 2.45) is 0 Å². The molecule has 1 amide bonds. The monoisotopic (exact) mass is 532 g/mol. The Morgan fingerprint density at radius 1 is 1.16 bits per heavy atom. The van der Waals surface area contributed by atoms with E-state index in [2.05, 4.69) is 21.9 Å². The molecule has 0 aliphatic carbocycles. The predicted molar refractivity (Wildman–Crippen MR) is 133 cm³/mol. The molecule has 7 nitrogen and oxygen atoms in total. The lowest BCUT2D eigenvalue weighted by molar-refractivity contribution is -0.137. The van der Waals surface area contributed by atoms with Gasteiger partial charge in [0.2, 0.25) is 5.91 Å². The summed E-state index contributed by atoms with van der Waals surface area (Å²) in [5.41, 5.74) is -0.247. The van der Waals surface area contributed by atoms with Gasteiger partial charge in [0.1, 0.15) is 18.2 Å². The number of nitrogens with zero attached hydrogens (tertiary/aromatic N) is 3. The lowest BCUT2D eigenvalue weighted by Gasteiger charge is -2.38. The average Bonchev–Trinajstić information content (AvgIpc) is 3.14. The van der Waals surface area contributed by atoms with Crippen LogP contribution in [0.15, 0.2) is 49.3 Å². The van der Waals surface area contributed by atoms with Crippen LogP contribution in [-0.2, 0) is 11.0 Å². The van der Waals surface area contributed by atoms with Gasteiger partial charge in [0.15, 0.2) is 11.5 Å². The smallest absolute Gasteiger partial charge is 0.417 e. The number of benzene rings is 2. The van der Waals surface area contributed by atoms with Crippen molar-refractivity contribution in [2.45, 2.75) is 50.0 Å². The molecule has 0 saturated carbocycles. The van der Waals surface area contributed by atoms with Crippen molar-refractivity contribution < 1.29 is 27.4 Å². The highest BCUT2D eigenvalue weighted by atomic mass is 35.5. The van der Waals surface area contributed by atoms with Gasteiger partial charge in [-0.25, -0.2) is 9.97 Å². The standard InChI is InChI=1S/C26H24ClF3N4O3/c1-3-24(35)34-15-5-6-16(34)10-17(9-15)37-23-11-18-21(12-22(23)36-2)31-13-32-25(18)33-14-4-7-20(27)19(8-14)26(28,29)30/h3-4,7-8,11-13,15-17H,1,5-6,9-10H2,2H3,(H,31,32,33)/t15-,16?,17?/m0/s1. The first kappa shape index (κ1) is 25.1. The Kier molecular flexibility index (Phi) is 6.61. The fourth-order valence-corrected chi connectivity index (χ4v) is 5.47. The predicted octanol–water partition coefficient (Wildman–Crippen LogP) is 6.14. The van der Waals surface area contributed by atoms with Crippen molar-refractivity contribution >= 4 is 39.9 Å². The third-order valence-corrected chi connectivity index (χ3v) is 7.20. The lowest BCUT2D eigenvalue weighted by atomic mass is 9.99. The molecule has 2 aromatic carbocycles. The number of halogens is 4. The van der Waals surface area contributed by atoms with Crippen LogP contribution in [0.4, 0.5) is 24.7 Å². The van der Waals surface area contributed by atoms with Crippen LogP contribution in [0.3, 0.4) is 0 Å². The maximum Gasteiger partial charge on any atom is 0.417 e. The average molecular weight is 533 g/mol. The van der Waals surface area contributed by atoms with Crippen molar-refractivity contribution in [3.8, 4) is 11.5 Å². The van der Waals surface area contributed by atoms with E-state index in [1.165, 1.54) is 31.6 Å². The van der Waals surface area contributed by atoms with Gasteiger partial charge in [0, 0.05) is 42.1 Å². The van der Waals surface area contributed by atoms with Crippen LogP contribution in [0.1, 0.15) is 31.2 Å². The second-order valence-corrected chi connectivity index (χ2v) is 9.51. The molecule has 2 aliphatic heterocycles. The number of alkyl halides is 3.